The molecule has 1 aromatic rings. The van der Waals surface area contributed by atoms with E-state index >= 15 is 0 Å². The highest BCUT2D eigenvalue weighted by atomic mass is 32.2. The predicted molar refractivity (Wildman–Crippen MR) is 83.3 cm³/mol. The molecule has 2 atom stereocenters. The molecule has 6 heteroatoms. The minimum Gasteiger partial charge on any atom is -0.490 e. The summed E-state index contributed by atoms with van der Waals surface area (Å²) in [5, 5.41) is 0. The molecule has 1 aromatic carbocycles. The van der Waals surface area contributed by atoms with Crippen molar-refractivity contribution >= 4 is 10.8 Å². The minimum atomic E-state index is -0.934. The number of hydrogen-bond acceptors (Lipinski definition) is 5. The van der Waals surface area contributed by atoms with Gasteiger partial charge in [0, 0.05) is 48.5 Å². The van der Waals surface area contributed by atoms with Gasteiger partial charge in [0.05, 0.1) is 13.2 Å². The Morgan fingerprint density at radius 3 is 2.86 bits per heavy atom. The molecule has 0 saturated heterocycles. The third kappa shape index (κ3) is 4.98. The Labute approximate surface area is 128 Å². The lowest BCUT2D eigenvalue weighted by Crippen LogP contribution is -2.20. The summed E-state index contributed by atoms with van der Waals surface area (Å²) < 4.78 is 28.2. The van der Waals surface area contributed by atoms with E-state index in [1.54, 1.807) is 7.11 Å². The largest absolute Gasteiger partial charge is 0.490 e. The number of methoxy groups -OCH3 is 1. The van der Waals surface area contributed by atoms with Crippen LogP contribution in [0.1, 0.15) is 24.4 Å². The summed E-state index contributed by atoms with van der Waals surface area (Å²) in [6.45, 7) is 1.95. The van der Waals surface area contributed by atoms with Crippen LogP contribution in [0.3, 0.4) is 0 Å². The monoisotopic (exact) mass is 313 g/mol. The van der Waals surface area contributed by atoms with Gasteiger partial charge in [0.25, 0.3) is 0 Å². The van der Waals surface area contributed by atoms with Crippen molar-refractivity contribution in [3.63, 3.8) is 0 Å². The molecule has 1 heterocycles. The second-order valence-corrected chi connectivity index (χ2v) is 6.64. The number of nitrogens with two attached hydrogens (primary N) is 1. The van der Waals surface area contributed by atoms with E-state index in [-0.39, 0.29) is 6.04 Å². The van der Waals surface area contributed by atoms with Crippen molar-refractivity contribution in [1.82, 2.24) is 0 Å². The van der Waals surface area contributed by atoms with Gasteiger partial charge in [-0.05, 0) is 24.1 Å². The first-order chi connectivity index (χ1) is 10.2. The fraction of sp³-hybridized carbons (Fsp3) is 0.600. The first-order valence-electron chi connectivity index (χ1n) is 7.19. The van der Waals surface area contributed by atoms with Crippen LogP contribution >= 0.6 is 0 Å². The molecule has 5 nitrogen and oxygen atoms in total. The molecule has 0 aliphatic carbocycles. The zero-order valence-corrected chi connectivity index (χ0v) is 13.2. The molecule has 0 radical (unpaired) electrons. The molecule has 118 valence electrons. The second kappa shape index (κ2) is 8.36. The van der Waals surface area contributed by atoms with Gasteiger partial charge in [0.15, 0.2) is 11.5 Å². The summed E-state index contributed by atoms with van der Waals surface area (Å²) in [4.78, 5) is 0. The third-order valence-corrected chi connectivity index (χ3v) is 4.76. The summed E-state index contributed by atoms with van der Waals surface area (Å²) >= 11 is 0. The number of ether oxygens (including phenoxy) is 3. The van der Waals surface area contributed by atoms with Crippen LogP contribution in [0.15, 0.2) is 18.2 Å². The van der Waals surface area contributed by atoms with Crippen LogP contribution in [0.2, 0.25) is 0 Å². The standard InChI is InChI=1S/C15H23NO4S/c1-18-6-3-9-21(17)11-13(16)12-4-5-14-15(10-12)20-8-2-7-19-14/h4-5,10,13H,2-3,6-9,11,16H2,1H3. The lowest BCUT2D eigenvalue weighted by Gasteiger charge is -2.14. The molecule has 0 aromatic heterocycles. The van der Waals surface area contributed by atoms with Gasteiger partial charge in [-0.1, -0.05) is 6.07 Å². The Balaban J connectivity index is 1.94. The first-order valence-corrected chi connectivity index (χ1v) is 8.68. The normalized spacial score (nSPS) is 17.0. The van der Waals surface area contributed by atoms with Gasteiger partial charge in [0.1, 0.15) is 0 Å². The highest BCUT2D eigenvalue weighted by Gasteiger charge is 2.15. The molecule has 1 aliphatic heterocycles. The average molecular weight is 313 g/mol. The molecule has 1 aliphatic rings. The highest BCUT2D eigenvalue weighted by Crippen LogP contribution is 2.32. The van der Waals surface area contributed by atoms with Crippen LogP contribution in [0, 0.1) is 0 Å². The Morgan fingerprint density at radius 2 is 2.10 bits per heavy atom. The van der Waals surface area contributed by atoms with Crippen molar-refractivity contribution in [2.24, 2.45) is 5.73 Å². The van der Waals surface area contributed by atoms with Crippen molar-refractivity contribution in [1.29, 1.82) is 0 Å². The molecule has 2 N–H and O–H groups in total. The van der Waals surface area contributed by atoms with Gasteiger partial charge in [-0.25, -0.2) is 0 Å². The molecular weight excluding hydrogens is 290 g/mol. The summed E-state index contributed by atoms with van der Waals surface area (Å²) in [5.41, 5.74) is 7.08. The maximum atomic E-state index is 12.0. The van der Waals surface area contributed by atoms with E-state index in [0.29, 0.717) is 31.3 Å². The van der Waals surface area contributed by atoms with Crippen molar-refractivity contribution < 1.29 is 18.4 Å². The van der Waals surface area contributed by atoms with Crippen molar-refractivity contribution in [3.05, 3.63) is 23.8 Å². The molecule has 0 saturated carbocycles. The Kier molecular flexibility index (Phi) is 6.48. The second-order valence-electron chi connectivity index (χ2n) is 5.02. The summed E-state index contributed by atoms with van der Waals surface area (Å²) in [6, 6.07) is 5.44. The van der Waals surface area contributed by atoms with Gasteiger partial charge < -0.3 is 19.9 Å². The van der Waals surface area contributed by atoms with Crippen LogP contribution in [-0.2, 0) is 15.5 Å². The number of rotatable bonds is 7. The summed E-state index contributed by atoms with van der Waals surface area (Å²) in [5.74, 6) is 2.55. The van der Waals surface area contributed by atoms with Gasteiger partial charge in [0.2, 0.25) is 0 Å². The zero-order valence-electron chi connectivity index (χ0n) is 12.4. The Hall–Kier alpha value is -1.11. The van der Waals surface area contributed by atoms with E-state index in [2.05, 4.69) is 0 Å². The minimum absolute atomic E-state index is 0.259. The third-order valence-electron chi connectivity index (χ3n) is 3.29. The molecule has 21 heavy (non-hydrogen) atoms. The molecule has 0 spiro atoms. The summed E-state index contributed by atoms with van der Waals surface area (Å²) in [7, 11) is 0.711. The molecule has 0 bridgehead atoms. The van der Waals surface area contributed by atoms with Crippen molar-refractivity contribution in [2.45, 2.75) is 18.9 Å². The fourth-order valence-electron chi connectivity index (χ4n) is 2.15. The van der Waals surface area contributed by atoms with Crippen molar-refractivity contribution in [3.8, 4) is 11.5 Å². The van der Waals surface area contributed by atoms with Gasteiger partial charge in [-0.15, -0.1) is 0 Å². The lowest BCUT2D eigenvalue weighted by molar-refractivity contribution is 0.200. The van der Waals surface area contributed by atoms with Crippen LogP contribution in [0.25, 0.3) is 0 Å². The smallest absolute Gasteiger partial charge is 0.161 e. The Bertz CT molecular complexity index is 481. The lowest BCUT2D eigenvalue weighted by atomic mass is 10.1. The molecular formula is C15H23NO4S. The van der Waals surface area contributed by atoms with E-state index in [1.165, 1.54) is 0 Å². The zero-order chi connectivity index (χ0) is 15.1. The maximum Gasteiger partial charge on any atom is 0.161 e. The topological polar surface area (TPSA) is 70.8 Å². The maximum absolute atomic E-state index is 12.0. The van der Waals surface area contributed by atoms with E-state index in [9.17, 15) is 4.21 Å². The summed E-state index contributed by atoms with van der Waals surface area (Å²) in [6.07, 6.45) is 1.66. The molecule has 2 rings (SSSR count). The van der Waals surface area contributed by atoms with Gasteiger partial charge in [-0.2, -0.15) is 0 Å². The van der Waals surface area contributed by atoms with Crippen LogP contribution < -0.4 is 15.2 Å². The van der Waals surface area contributed by atoms with Crippen LogP contribution in [-0.4, -0.2) is 42.6 Å². The van der Waals surface area contributed by atoms with E-state index < -0.39 is 10.8 Å². The van der Waals surface area contributed by atoms with Gasteiger partial charge >= 0.3 is 0 Å². The fourth-order valence-corrected chi connectivity index (χ4v) is 3.35. The molecule has 2 unspecified atom stereocenters. The number of fused-ring (bicyclic) bond motifs is 1. The van der Waals surface area contributed by atoms with E-state index in [4.69, 9.17) is 19.9 Å². The number of benzene rings is 1. The quantitative estimate of drug-likeness (QED) is 0.775. The highest BCUT2D eigenvalue weighted by molar-refractivity contribution is 7.85. The van der Waals surface area contributed by atoms with E-state index in [0.717, 1.165) is 29.9 Å². The average Bonchev–Trinajstić information content (AvgIpc) is 2.71. The molecule has 0 fully saturated rings. The van der Waals surface area contributed by atoms with Crippen molar-refractivity contribution in [2.75, 3.05) is 38.4 Å². The van der Waals surface area contributed by atoms with Gasteiger partial charge in [-0.3, -0.25) is 4.21 Å². The number of hydrogen-bond donors (Lipinski definition) is 1. The predicted octanol–water partition coefficient (Wildman–Crippen LogP) is 1.63. The van der Waals surface area contributed by atoms with E-state index in [1.807, 2.05) is 18.2 Å². The van der Waals surface area contributed by atoms with Crippen LogP contribution in [0.4, 0.5) is 0 Å². The van der Waals surface area contributed by atoms with Crippen LogP contribution in [0.5, 0.6) is 11.5 Å². The molecule has 0 amide bonds. The first kappa shape index (κ1) is 16.3. The Morgan fingerprint density at radius 1 is 1.33 bits per heavy atom. The SMILES string of the molecule is COCCCS(=O)CC(N)c1ccc2c(c1)OCCCO2.